The lowest BCUT2D eigenvalue weighted by molar-refractivity contribution is 0.266. The molecule has 0 aliphatic heterocycles. The summed E-state index contributed by atoms with van der Waals surface area (Å²) in [7, 11) is -3.35. The van der Waals surface area contributed by atoms with Gasteiger partial charge >= 0.3 is 0 Å². The van der Waals surface area contributed by atoms with Gasteiger partial charge in [-0.1, -0.05) is 52.0 Å². The molecule has 20 heavy (non-hydrogen) atoms. The molecule has 1 rings (SSSR count). The summed E-state index contributed by atoms with van der Waals surface area (Å²) in [6, 6.07) is 8.55. The van der Waals surface area contributed by atoms with E-state index in [9.17, 15) is 8.42 Å². The van der Waals surface area contributed by atoms with E-state index in [1.54, 1.807) is 0 Å². The predicted molar refractivity (Wildman–Crippen MR) is 83.4 cm³/mol. The van der Waals surface area contributed by atoms with Crippen LogP contribution in [0.3, 0.4) is 0 Å². The summed E-state index contributed by atoms with van der Waals surface area (Å²) >= 11 is 0. The first kappa shape index (κ1) is 17.2. The maximum Gasteiger partial charge on any atom is 0.264 e. The Kier molecular flexibility index (Phi) is 5.78. The van der Waals surface area contributed by atoms with Gasteiger partial charge in [-0.2, -0.15) is 8.42 Å². The monoisotopic (exact) mass is 298 g/mol. The summed E-state index contributed by atoms with van der Waals surface area (Å²) in [5.41, 5.74) is 2.73. The maximum atomic E-state index is 11.0. The van der Waals surface area contributed by atoms with Crippen LogP contribution in [0.5, 0.6) is 0 Å². The zero-order valence-corrected chi connectivity index (χ0v) is 14.0. The molecule has 0 saturated heterocycles. The van der Waals surface area contributed by atoms with Gasteiger partial charge in [0.15, 0.2) is 0 Å². The van der Waals surface area contributed by atoms with Crippen LogP contribution in [0.1, 0.15) is 45.2 Å². The molecule has 0 aromatic heterocycles. The average Bonchev–Trinajstić information content (AvgIpc) is 2.36. The highest BCUT2D eigenvalue weighted by atomic mass is 32.2. The summed E-state index contributed by atoms with van der Waals surface area (Å²) in [5, 5.41) is 0. The molecule has 0 bridgehead atoms. The van der Waals surface area contributed by atoms with Crippen LogP contribution in [-0.4, -0.2) is 21.3 Å². The van der Waals surface area contributed by atoms with Crippen LogP contribution in [0, 0.1) is 5.92 Å². The Morgan fingerprint density at radius 2 is 1.95 bits per heavy atom. The quantitative estimate of drug-likeness (QED) is 0.723. The molecule has 0 amide bonds. The SMILES string of the molecule is CCC(C)(C)c1cccc(CC(C)COS(C)(=O)=O)c1. The molecule has 0 N–H and O–H groups in total. The van der Waals surface area contributed by atoms with Gasteiger partial charge in [0.1, 0.15) is 0 Å². The van der Waals surface area contributed by atoms with Gasteiger partial charge in [-0.3, -0.25) is 4.18 Å². The molecule has 4 heteroatoms. The molecule has 114 valence electrons. The molecule has 0 heterocycles. The van der Waals surface area contributed by atoms with Gasteiger partial charge in [0.05, 0.1) is 12.9 Å². The van der Waals surface area contributed by atoms with Crippen molar-refractivity contribution in [2.75, 3.05) is 12.9 Å². The third-order valence-corrected chi connectivity index (χ3v) is 4.31. The maximum absolute atomic E-state index is 11.0. The van der Waals surface area contributed by atoms with Gasteiger partial charge < -0.3 is 0 Å². The molecule has 1 atom stereocenters. The Labute approximate surface area is 123 Å². The Morgan fingerprint density at radius 1 is 1.30 bits per heavy atom. The van der Waals surface area contributed by atoms with Gasteiger partial charge in [0.25, 0.3) is 10.1 Å². The van der Waals surface area contributed by atoms with Gasteiger partial charge in [-0.05, 0) is 35.3 Å². The first-order valence-corrected chi connectivity index (χ1v) is 8.89. The van der Waals surface area contributed by atoms with E-state index in [0.29, 0.717) is 0 Å². The van der Waals surface area contributed by atoms with Crippen LogP contribution < -0.4 is 0 Å². The molecule has 1 unspecified atom stereocenters. The van der Waals surface area contributed by atoms with Crippen LogP contribution >= 0.6 is 0 Å². The number of hydrogen-bond donors (Lipinski definition) is 0. The lowest BCUT2D eigenvalue weighted by Gasteiger charge is -2.24. The fourth-order valence-electron chi connectivity index (χ4n) is 2.02. The first-order chi connectivity index (χ1) is 9.14. The number of benzene rings is 1. The lowest BCUT2D eigenvalue weighted by Crippen LogP contribution is -2.16. The van der Waals surface area contributed by atoms with E-state index >= 15 is 0 Å². The second-order valence-corrected chi connectivity index (χ2v) is 7.88. The zero-order chi connectivity index (χ0) is 15.4. The van der Waals surface area contributed by atoms with E-state index in [1.807, 2.05) is 6.92 Å². The lowest BCUT2D eigenvalue weighted by atomic mass is 9.81. The summed E-state index contributed by atoms with van der Waals surface area (Å²) < 4.78 is 26.8. The van der Waals surface area contributed by atoms with Gasteiger partial charge in [0, 0.05) is 0 Å². The van der Waals surface area contributed by atoms with Crippen molar-refractivity contribution < 1.29 is 12.6 Å². The smallest absolute Gasteiger partial charge is 0.264 e. The Balaban J connectivity index is 2.71. The van der Waals surface area contributed by atoms with Crippen LogP contribution in [0.15, 0.2) is 24.3 Å². The summed E-state index contributed by atoms with van der Waals surface area (Å²) in [6.07, 6.45) is 3.00. The van der Waals surface area contributed by atoms with Crippen LogP contribution in [0.2, 0.25) is 0 Å². The van der Waals surface area contributed by atoms with Gasteiger partial charge in [0.2, 0.25) is 0 Å². The minimum absolute atomic E-state index is 0.169. The van der Waals surface area contributed by atoms with Crippen LogP contribution in [0.4, 0.5) is 0 Å². The average molecular weight is 298 g/mol. The van der Waals surface area contributed by atoms with Gasteiger partial charge in [-0.25, -0.2) is 0 Å². The predicted octanol–water partition coefficient (Wildman–Crippen LogP) is 3.53. The van der Waals surface area contributed by atoms with Crippen molar-refractivity contribution in [3.63, 3.8) is 0 Å². The highest BCUT2D eigenvalue weighted by Gasteiger charge is 2.18. The third kappa shape index (κ3) is 5.63. The Bertz CT molecular complexity index is 532. The largest absolute Gasteiger partial charge is 0.270 e. The molecule has 0 fully saturated rings. The number of rotatable bonds is 7. The van der Waals surface area contributed by atoms with Crippen LogP contribution in [0.25, 0.3) is 0 Å². The molecule has 0 spiro atoms. The van der Waals surface area contributed by atoms with Crippen molar-refractivity contribution in [2.24, 2.45) is 5.92 Å². The van der Waals surface area contributed by atoms with Crippen molar-refractivity contribution in [1.29, 1.82) is 0 Å². The number of hydrogen-bond acceptors (Lipinski definition) is 3. The summed E-state index contributed by atoms with van der Waals surface area (Å²) in [6.45, 7) is 8.91. The normalized spacial score (nSPS) is 14.2. The molecule has 3 nitrogen and oxygen atoms in total. The zero-order valence-electron chi connectivity index (χ0n) is 13.1. The fraction of sp³-hybridized carbons (Fsp3) is 0.625. The minimum atomic E-state index is -3.35. The second kappa shape index (κ2) is 6.72. The van der Waals surface area contributed by atoms with E-state index in [1.165, 1.54) is 11.1 Å². The molecular formula is C16H26O3S. The van der Waals surface area contributed by atoms with E-state index in [0.717, 1.165) is 19.1 Å². The van der Waals surface area contributed by atoms with Crippen molar-refractivity contribution in [3.05, 3.63) is 35.4 Å². The van der Waals surface area contributed by atoms with Crippen LogP contribution in [-0.2, 0) is 26.1 Å². The van der Waals surface area contributed by atoms with E-state index in [2.05, 4.69) is 45.0 Å². The highest BCUT2D eigenvalue weighted by Crippen LogP contribution is 2.27. The van der Waals surface area contributed by atoms with Crippen molar-refractivity contribution in [1.82, 2.24) is 0 Å². The molecule has 0 aliphatic carbocycles. The standard InChI is InChI=1S/C16H26O3S/c1-6-16(3,4)15-9-7-8-14(11-15)10-13(2)12-19-20(5,17)18/h7-9,11,13H,6,10,12H2,1-5H3. The van der Waals surface area contributed by atoms with Crippen molar-refractivity contribution in [3.8, 4) is 0 Å². The fourth-order valence-corrected chi connectivity index (χ4v) is 2.50. The highest BCUT2D eigenvalue weighted by molar-refractivity contribution is 7.85. The topological polar surface area (TPSA) is 43.4 Å². The second-order valence-electron chi connectivity index (χ2n) is 6.24. The van der Waals surface area contributed by atoms with Crippen molar-refractivity contribution >= 4 is 10.1 Å². The molecule has 0 saturated carbocycles. The molecule has 0 radical (unpaired) electrons. The molecule has 0 aliphatic rings. The molecular weight excluding hydrogens is 272 g/mol. The first-order valence-electron chi connectivity index (χ1n) is 7.08. The minimum Gasteiger partial charge on any atom is -0.270 e. The third-order valence-electron chi connectivity index (χ3n) is 3.74. The van der Waals surface area contributed by atoms with Gasteiger partial charge in [-0.15, -0.1) is 0 Å². The molecule has 1 aromatic rings. The van der Waals surface area contributed by atoms with Crippen molar-refractivity contribution in [2.45, 2.75) is 46.0 Å². The van der Waals surface area contributed by atoms with E-state index < -0.39 is 10.1 Å². The van der Waals surface area contributed by atoms with E-state index in [-0.39, 0.29) is 17.9 Å². The Morgan fingerprint density at radius 3 is 2.50 bits per heavy atom. The Hall–Kier alpha value is -0.870. The summed E-state index contributed by atoms with van der Waals surface area (Å²) in [4.78, 5) is 0. The summed E-state index contributed by atoms with van der Waals surface area (Å²) in [5.74, 6) is 0.171. The van der Waals surface area contributed by atoms with E-state index in [4.69, 9.17) is 4.18 Å². The molecule has 1 aromatic carbocycles.